The van der Waals surface area contributed by atoms with E-state index in [-0.39, 0.29) is 10.8 Å². The third-order valence-electron chi connectivity index (χ3n) is 3.55. The molecule has 0 aliphatic rings. The molecule has 0 bridgehead atoms. The number of nitrogens with one attached hydrogen (secondary N) is 2. The first-order valence-electron chi connectivity index (χ1n) is 7.74. The molecule has 0 fully saturated rings. The highest BCUT2D eigenvalue weighted by molar-refractivity contribution is 7.80. The summed E-state index contributed by atoms with van der Waals surface area (Å²) in [4.78, 5) is 0. The van der Waals surface area contributed by atoms with Gasteiger partial charge in [0.25, 0.3) is 0 Å². The topological polar surface area (TPSA) is 24.1 Å². The lowest BCUT2D eigenvalue weighted by Crippen LogP contribution is -2.22. The molecule has 0 aromatic heterocycles. The van der Waals surface area contributed by atoms with E-state index in [0.29, 0.717) is 0 Å². The Bertz CT molecular complexity index is 699. The lowest BCUT2D eigenvalue weighted by atomic mass is 10.1. The molecule has 0 aliphatic carbocycles. The number of anilines is 2. The Labute approximate surface area is 145 Å². The van der Waals surface area contributed by atoms with Gasteiger partial charge in [-0.2, -0.15) is 13.2 Å². The number of para-hydroxylation sites is 2. The number of alkyl halides is 3. The summed E-state index contributed by atoms with van der Waals surface area (Å²) in [6, 6.07) is 12.9. The maximum absolute atomic E-state index is 13.0. The predicted octanol–water partition coefficient (Wildman–Crippen LogP) is 5.86. The van der Waals surface area contributed by atoms with Crippen molar-refractivity contribution in [3.63, 3.8) is 0 Å². The van der Waals surface area contributed by atoms with E-state index >= 15 is 0 Å². The van der Waals surface area contributed by atoms with Gasteiger partial charge in [-0.15, -0.1) is 0 Å². The van der Waals surface area contributed by atoms with Crippen LogP contribution in [0.2, 0.25) is 0 Å². The zero-order valence-corrected chi connectivity index (χ0v) is 14.1. The molecule has 2 N–H and O–H groups in total. The average Bonchev–Trinajstić information content (AvgIpc) is 2.53. The summed E-state index contributed by atoms with van der Waals surface area (Å²) in [7, 11) is 0. The second-order valence-corrected chi connectivity index (χ2v) is 5.79. The van der Waals surface area contributed by atoms with Gasteiger partial charge in [-0.25, -0.2) is 0 Å². The number of halogens is 3. The highest BCUT2D eigenvalue weighted by Gasteiger charge is 2.33. The fraction of sp³-hybridized carbons (Fsp3) is 0.278. The molecule has 0 radical (unpaired) electrons. The molecule has 2 aromatic carbocycles. The van der Waals surface area contributed by atoms with E-state index < -0.39 is 11.7 Å². The Morgan fingerprint density at radius 3 is 2.21 bits per heavy atom. The minimum absolute atomic E-state index is 0.0615. The van der Waals surface area contributed by atoms with Gasteiger partial charge in [0.1, 0.15) is 0 Å². The van der Waals surface area contributed by atoms with Gasteiger partial charge >= 0.3 is 6.18 Å². The van der Waals surface area contributed by atoms with Gasteiger partial charge in [-0.05, 0) is 48.8 Å². The average molecular weight is 352 g/mol. The summed E-state index contributed by atoms with van der Waals surface area (Å²) < 4.78 is 39.1. The number of benzene rings is 2. The molecular formula is C18H19F3N2S. The van der Waals surface area contributed by atoms with Crippen molar-refractivity contribution in [3.05, 3.63) is 59.7 Å². The van der Waals surface area contributed by atoms with E-state index in [9.17, 15) is 13.2 Å². The van der Waals surface area contributed by atoms with Gasteiger partial charge in [0, 0.05) is 5.69 Å². The number of thiocarbonyl (C=S) groups is 1. The minimum atomic E-state index is -4.43. The largest absolute Gasteiger partial charge is 0.418 e. The zero-order chi connectivity index (χ0) is 17.6. The van der Waals surface area contributed by atoms with Gasteiger partial charge in [0.05, 0.1) is 11.3 Å². The third-order valence-corrected chi connectivity index (χ3v) is 3.75. The Morgan fingerprint density at radius 2 is 1.54 bits per heavy atom. The quantitative estimate of drug-likeness (QED) is 0.659. The van der Waals surface area contributed by atoms with E-state index in [1.165, 1.54) is 18.2 Å². The van der Waals surface area contributed by atoms with Crippen LogP contribution < -0.4 is 10.6 Å². The van der Waals surface area contributed by atoms with Crippen molar-refractivity contribution in [1.29, 1.82) is 0 Å². The van der Waals surface area contributed by atoms with Crippen molar-refractivity contribution < 1.29 is 13.2 Å². The van der Waals surface area contributed by atoms with Crippen LogP contribution in [0.5, 0.6) is 0 Å². The fourth-order valence-corrected chi connectivity index (χ4v) is 2.56. The SMILES string of the molecule is CCCCc1ccccc1NC(=S)Nc1ccccc1C(F)(F)F. The van der Waals surface area contributed by atoms with Crippen LogP contribution in [0.25, 0.3) is 0 Å². The molecule has 0 amide bonds. The van der Waals surface area contributed by atoms with Crippen LogP contribution in [0.15, 0.2) is 48.5 Å². The molecule has 2 aromatic rings. The first kappa shape index (κ1) is 18.3. The predicted molar refractivity (Wildman–Crippen MR) is 96.3 cm³/mol. The number of aryl methyl sites for hydroxylation is 1. The fourth-order valence-electron chi connectivity index (χ4n) is 2.34. The summed E-state index contributed by atoms with van der Waals surface area (Å²) in [5.74, 6) is 0. The van der Waals surface area contributed by atoms with Crippen LogP contribution in [0.4, 0.5) is 24.5 Å². The van der Waals surface area contributed by atoms with Crippen LogP contribution in [-0.4, -0.2) is 5.11 Å². The molecule has 0 heterocycles. The molecular weight excluding hydrogens is 333 g/mol. The highest BCUT2D eigenvalue weighted by atomic mass is 32.1. The van der Waals surface area contributed by atoms with Gasteiger partial charge in [0.2, 0.25) is 0 Å². The smallest absolute Gasteiger partial charge is 0.332 e. The van der Waals surface area contributed by atoms with Crippen molar-refractivity contribution in [2.45, 2.75) is 32.4 Å². The lowest BCUT2D eigenvalue weighted by Gasteiger charge is -2.17. The van der Waals surface area contributed by atoms with Crippen molar-refractivity contribution in [3.8, 4) is 0 Å². The Hall–Kier alpha value is -2.08. The third kappa shape index (κ3) is 4.96. The number of hydrogen-bond acceptors (Lipinski definition) is 1. The van der Waals surface area contributed by atoms with E-state index in [4.69, 9.17) is 12.2 Å². The van der Waals surface area contributed by atoms with Gasteiger partial charge in [0.15, 0.2) is 5.11 Å². The minimum Gasteiger partial charge on any atom is -0.332 e. The molecule has 0 saturated heterocycles. The lowest BCUT2D eigenvalue weighted by molar-refractivity contribution is -0.136. The summed E-state index contributed by atoms with van der Waals surface area (Å²) >= 11 is 5.18. The maximum Gasteiger partial charge on any atom is 0.418 e. The summed E-state index contributed by atoms with van der Waals surface area (Å²) in [5.41, 5.74) is 1.10. The van der Waals surface area contributed by atoms with E-state index in [1.54, 1.807) is 0 Å². The van der Waals surface area contributed by atoms with Crippen LogP contribution in [0, 0.1) is 0 Å². The number of rotatable bonds is 5. The molecule has 0 atom stereocenters. The van der Waals surface area contributed by atoms with E-state index in [0.717, 1.165) is 36.6 Å². The zero-order valence-electron chi connectivity index (χ0n) is 13.3. The van der Waals surface area contributed by atoms with Gasteiger partial charge < -0.3 is 10.6 Å². The molecule has 2 nitrogen and oxygen atoms in total. The van der Waals surface area contributed by atoms with Gasteiger partial charge in [-0.1, -0.05) is 43.7 Å². The monoisotopic (exact) mass is 352 g/mol. The van der Waals surface area contributed by atoms with Crippen LogP contribution in [0.1, 0.15) is 30.9 Å². The molecule has 6 heteroatoms. The Morgan fingerprint density at radius 1 is 0.958 bits per heavy atom. The molecule has 2 rings (SSSR count). The standard InChI is InChI=1S/C18H19F3N2S/c1-2-3-8-13-9-4-6-11-15(13)22-17(24)23-16-12-7-5-10-14(16)18(19,20)21/h4-7,9-12H,2-3,8H2,1H3,(H2,22,23,24). The van der Waals surface area contributed by atoms with Crippen molar-refractivity contribution >= 4 is 28.7 Å². The molecule has 0 spiro atoms. The van der Waals surface area contributed by atoms with Gasteiger partial charge in [-0.3, -0.25) is 0 Å². The maximum atomic E-state index is 13.0. The molecule has 128 valence electrons. The van der Waals surface area contributed by atoms with E-state index in [2.05, 4.69) is 17.6 Å². The molecule has 0 saturated carbocycles. The van der Waals surface area contributed by atoms with Crippen molar-refractivity contribution in [2.75, 3.05) is 10.6 Å². The molecule has 0 aliphatic heterocycles. The van der Waals surface area contributed by atoms with Crippen LogP contribution in [0.3, 0.4) is 0 Å². The van der Waals surface area contributed by atoms with Crippen LogP contribution >= 0.6 is 12.2 Å². The molecule has 24 heavy (non-hydrogen) atoms. The highest BCUT2D eigenvalue weighted by Crippen LogP contribution is 2.34. The first-order chi connectivity index (χ1) is 11.4. The Balaban J connectivity index is 2.13. The summed E-state index contributed by atoms with van der Waals surface area (Å²) in [5, 5.41) is 5.78. The normalized spacial score (nSPS) is 11.2. The summed E-state index contributed by atoms with van der Waals surface area (Å²) in [6.07, 6.45) is -1.44. The van der Waals surface area contributed by atoms with E-state index in [1.807, 2.05) is 24.3 Å². The molecule has 0 unspecified atom stereocenters. The number of unbranched alkanes of at least 4 members (excludes halogenated alkanes) is 1. The first-order valence-corrected chi connectivity index (χ1v) is 8.14. The van der Waals surface area contributed by atoms with Crippen molar-refractivity contribution in [2.24, 2.45) is 0 Å². The second-order valence-electron chi connectivity index (χ2n) is 5.38. The number of hydrogen-bond donors (Lipinski definition) is 2. The summed E-state index contributed by atoms with van der Waals surface area (Å²) in [6.45, 7) is 2.11. The van der Waals surface area contributed by atoms with Crippen molar-refractivity contribution in [1.82, 2.24) is 0 Å². The Kier molecular flexibility index (Phi) is 6.20. The van der Waals surface area contributed by atoms with Crippen LogP contribution in [-0.2, 0) is 12.6 Å². The second kappa shape index (κ2) is 8.15.